The number of H-pyrrole nitrogens is 1. The van der Waals surface area contributed by atoms with Crippen LogP contribution in [-0.4, -0.2) is 34.8 Å². The minimum absolute atomic E-state index is 0.150. The van der Waals surface area contributed by atoms with Crippen LogP contribution in [0.25, 0.3) is 22.5 Å². The normalized spacial score (nSPS) is 11.2. The second-order valence-corrected chi connectivity index (χ2v) is 7.66. The SMILES string of the molecule is Cc1[nH]n2c(=O)cc(CSc3nnnn3-c3ccccc3)nc2c1-c1ccccc1. The molecule has 0 saturated carbocycles. The maximum absolute atomic E-state index is 12.7. The molecular formula is C21H17N7OS. The minimum Gasteiger partial charge on any atom is -0.293 e. The molecular weight excluding hydrogens is 398 g/mol. The van der Waals surface area contributed by atoms with E-state index in [1.807, 2.05) is 67.6 Å². The van der Waals surface area contributed by atoms with E-state index < -0.39 is 0 Å². The van der Waals surface area contributed by atoms with E-state index in [1.54, 1.807) is 10.7 Å². The first-order chi connectivity index (χ1) is 14.7. The highest BCUT2D eigenvalue weighted by Crippen LogP contribution is 2.27. The lowest BCUT2D eigenvalue weighted by atomic mass is 10.1. The van der Waals surface area contributed by atoms with Gasteiger partial charge in [-0.25, -0.2) is 9.50 Å². The van der Waals surface area contributed by atoms with Crippen LogP contribution in [0.5, 0.6) is 0 Å². The summed E-state index contributed by atoms with van der Waals surface area (Å²) in [4.78, 5) is 17.5. The summed E-state index contributed by atoms with van der Waals surface area (Å²) in [5, 5.41) is 15.7. The molecule has 0 fully saturated rings. The average Bonchev–Trinajstić information content (AvgIpc) is 3.37. The van der Waals surface area contributed by atoms with E-state index in [1.165, 1.54) is 16.3 Å². The molecule has 0 radical (unpaired) electrons. The highest BCUT2D eigenvalue weighted by atomic mass is 32.2. The van der Waals surface area contributed by atoms with Gasteiger partial charge in [0.2, 0.25) is 5.16 Å². The number of hydrogen-bond donors (Lipinski definition) is 1. The third-order valence-electron chi connectivity index (χ3n) is 4.70. The molecule has 30 heavy (non-hydrogen) atoms. The van der Waals surface area contributed by atoms with Crippen LogP contribution >= 0.6 is 11.8 Å². The third-order valence-corrected chi connectivity index (χ3v) is 5.66. The van der Waals surface area contributed by atoms with Gasteiger partial charge < -0.3 is 0 Å². The molecule has 5 aromatic rings. The summed E-state index contributed by atoms with van der Waals surface area (Å²) in [5.74, 6) is 0.470. The van der Waals surface area contributed by atoms with E-state index in [-0.39, 0.29) is 5.56 Å². The summed E-state index contributed by atoms with van der Waals surface area (Å²) in [7, 11) is 0. The quantitative estimate of drug-likeness (QED) is 0.443. The Morgan fingerprint density at radius 1 is 1.03 bits per heavy atom. The van der Waals surface area contributed by atoms with Crippen LogP contribution in [0.2, 0.25) is 0 Å². The zero-order valence-electron chi connectivity index (χ0n) is 16.1. The molecule has 0 bridgehead atoms. The highest BCUT2D eigenvalue weighted by molar-refractivity contribution is 7.98. The number of aryl methyl sites for hydroxylation is 1. The number of nitrogens with zero attached hydrogens (tertiary/aromatic N) is 6. The highest BCUT2D eigenvalue weighted by Gasteiger charge is 2.15. The van der Waals surface area contributed by atoms with Crippen LogP contribution in [-0.2, 0) is 5.75 Å². The predicted molar refractivity (Wildman–Crippen MR) is 115 cm³/mol. The number of aromatic nitrogens is 7. The summed E-state index contributed by atoms with van der Waals surface area (Å²) >= 11 is 1.43. The van der Waals surface area contributed by atoms with Gasteiger partial charge in [-0.3, -0.25) is 9.89 Å². The van der Waals surface area contributed by atoms with Gasteiger partial charge in [-0.1, -0.05) is 60.3 Å². The Balaban J connectivity index is 1.50. The van der Waals surface area contributed by atoms with Crippen molar-refractivity contribution in [3.05, 3.63) is 88.5 Å². The van der Waals surface area contributed by atoms with Gasteiger partial charge in [0, 0.05) is 23.1 Å². The number of benzene rings is 2. The molecule has 0 aliphatic rings. The molecule has 3 aromatic heterocycles. The molecule has 1 N–H and O–H groups in total. The fraction of sp³-hybridized carbons (Fsp3) is 0.0952. The van der Waals surface area contributed by atoms with Gasteiger partial charge in [0.05, 0.1) is 11.4 Å². The Morgan fingerprint density at radius 3 is 2.53 bits per heavy atom. The van der Waals surface area contributed by atoms with Crippen LogP contribution in [0.1, 0.15) is 11.4 Å². The number of nitrogens with one attached hydrogen (secondary N) is 1. The van der Waals surface area contributed by atoms with Crippen molar-refractivity contribution in [2.45, 2.75) is 17.8 Å². The molecule has 8 nitrogen and oxygen atoms in total. The molecule has 3 heterocycles. The van der Waals surface area contributed by atoms with E-state index in [4.69, 9.17) is 4.98 Å². The maximum atomic E-state index is 12.7. The second kappa shape index (κ2) is 7.60. The van der Waals surface area contributed by atoms with Crippen molar-refractivity contribution in [3.8, 4) is 16.8 Å². The number of aromatic amines is 1. The number of rotatable bonds is 5. The van der Waals surface area contributed by atoms with Gasteiger partial charge in [-0.15, -0.1) is 5.10 Å². The lowest BCUT2D eigenvalue weighted by Crippen LogP contribution is -2.15. The topological polar surface area (TPSA) is 93.8 Å². The number of thioether (sulfide) groups is 1. The van der Waals surface area contributed by atoms with Crippen molar-refractivity contribution in [1.29, 1.82) is 0 Å². The monoisotopic (exact) mass is 415 g/mol. The van der Waals surface area contributed by atoms with Crippen LogP contribution in [0.15, 0.2) is 76.7 Å². The molecule has 0 atom stereocenters. The van der Waals surface area contributed by atoms with Crippen molar-refractivity contribution in [2.75, 3.05) is 0 Å². The number of para-hydroxylation sites is 1. The van der Waals surface area contributed by atoms with E-state index in [0.717, 1.165) is 22.5 Å². The Hall–Kier alpha value is -3.72. The lowest BCUT2D eigenvalue weighted by Gasteiger charge is -2.05. The van der Waals surface area contributed by atoms with Gasteiger partial charge >= 0.3 is 0 Å². The summed E-state index contributed by atoms with van der Waals surface area (Å²) in [6.45, 7) is 1.94. The maximum Gasteiger partial charge on any atom is 0.272 e. The summed E-state index contributed by atoms with van der Waals surface area (Å²) < 4.78 is 3.16. The van der Waals surface area contributed by atoms with Gasteiger partial charge in [-0.05, 0) is 35.0 Å². The fourth-order valence-corrected chi connectivity index (χ4v) is 4.14. The van der Waals surface area contributed by atoms with Crippen LogP contribution in [0, 0.1) is 6.92 Å². The van der Waals surface area contributed by atoms with E-state index in [2.05, 4.69) is 20.6 Å². The van der Waals surface area contributed by atoms with Crippen LogP contribution in [0.3, 0.4) is 0 Å². The average molecular weight is 415 g/mol. The van der Waals surface area contributed by atoms with Crippen molar-refractivity contribution in [1.82, 2.24) is 34.8 Å². The van der Waals surface area contributed by atoms with Crippen molar-refractivity contribution in [2.24, 2.45) is 0 Å². The molecule has 0 aliphatic carbocycles. The number of tetrazole rings is 1. The zero-order valence-corrected chi connectivity index (χ0v) is 16.9. The Morgan fingerprint density at radius 2 is 1.77 bits per heavy atom. The van der Waals surface area contributed by atoms with Gasteiger partial charge in [0.1, 0.15) is 0 Å². The van der Waals surface area contributed by atoms with Crippen molar-refractivity contribution >= 4 is 17.4 Å². The molecule has 5 rings (SSSR count). The van der Waals surface area contributed by atoms with E-state index in [0.29, 0.717) is 22.3 Å². The molecule has 148 valence electrons. The van der Waals surface area contributed by atoms with E-state index >= 15 is 0 Å². The number of hydrogen-bond acceptors (Lipinski definition) is 6. The summed E-state index contributed by atoms with van der Waals surface area (Å²) in [5.41, 5.74) is 4.84. The third kappa shape index (κ3) is 3.29. The molecule has 2 aromatic carbocycles. The second-order valence-electron chi connectivity index (χ2n) is 6.72. The Labute approximate surface area is 175 Å². The first-order valence-electron chi connectivity index (χ1n) is 9.34. The van der Waals surface area contributed by atoms with Crippen molar-refractivity contribution < 1.29 is 0 Å². The van der Waals surface area contributed by atoms with Crippen LogP contribution in [0.4, 0.5) is 0 Å². The van der Waals surface area contributed by atoms with Crippen LogP contribution < -0.4 is 5.56 Å². The van der Waals surface area contributed by atoms with Gasteiger partial charge in [0.25, 0.3) is 5.56 Å². The van der Waals surface area contributed by atoms with E-state index in [9.17, 15) is 4.79 Å². The molecule has 0 amide bonds. The predicted octanol–water partition coefficient (Wildman–Crippen LogP) is 3.27. The summed E-state index contributed by atoms with van der Waals surface area (Å²) in [6.07, 6.45) is 0. The molecule has 0 unspecified atom stereocenters. The van der Waals surface area contributed by atoms with Gasteiger partial charge in [-0.2, -0.15) is 4.68 Å². The Kier molecular flexibility index (Phi) is 4.64. The smallest absolute Gasteiger partial charge is 0.272 e. The molecule has 0 aliphatic heterocycles. The zero-order chi connectivity index (χ0) is 20.5. The first-order valence-corrected chi connectivity index (χ1v) is 10.3. The molecule has 0 spiro atoms. The summed E-state index contributed by atoms with van der Waals surface area (Å²) in [6, 6.07) is 21.2. The minimum atomic E-state index is -0.150. The standard InChI is InChI=1S/C21H17N7OS/c1-14-19(15-8-4-2-5-9-15)20-22-16(12-18(29)28(20)24-14)13-30-21-23-25-26-27(21)17-10-6-3-7-11-17/h2-12,24H,13H2,1H3. The Bertz CT molecular complexity index is 1370. The van der Waals surface area contributed by atoms with Crippen molar-refractivity contribution in [3.63, 3.8) is 0 Å². The first kappa shape index (κ1) is 18.3. The molecule has 0 saturated heterocycles. The van der Waals surface area contributed by atoms with Gasteiger partial charge in [0.15, 0.2) is 5.65 Å². The fourth-order valence-electron chi connectivity index (χ4n) is 3.36. The lowest BCUT2D eigenvalue weighted by molar-refractivity contribution is 0.756. The largest absolute Gasteiger partial charge is 0.293 e. The number of fused-ring (bicyclic) bond motifs is 1. The molecule has 9 heteroatoms.